The van der Waals surface area contributed by atoms with E-state index in [4.69, 9.17) is 11.6 Å². The topological polar surface area (TPSA) is 25.8 Å². The summed E-state index contributed by atoms with van der Waals surface area (Å²) in [6, 6.07) is 8.20. The number of rotatable bonds is 1. The molecule has 0 radical (unpaired) electrons. The highest BCUT2D eigenvalue weighted by molar-refractivity contribution is 6.35. The lowest BCUT2D eigenvalue weighted by Crippen LogP contribution is -1.92. The molecule has 0 bridgehead atoms. The van der Waals surface area contributed by atoms with Gasteiger partial charge in [-0.3, -0.25) is 0 Å². The van der Waals surface area contributed by atoms with Crippen LogP contribution in [-0.2, 0) is 0 Å². The molecule has 0 saturated carbocycles. The zero-order valence-corrected chi connectivity index (χ0v) is 10.3. The van der Waals surface area contributed by atoms with Gasteiger partial charge >= 0.3 is 0 Å². The summed E-state index contributed by atoms with van der Waals surface area (Å²) in [6.07, 6.45) is 1.57. The highest BCUT2D eigenvalue weighted by atomic mass is 35.5. The number of pyridine rings is 2. The quantitative estimate of drug-likeness (QED) is 0.665. The molecule has 0 N–H and O–H groups in total. The second-order valence-electron chi connectivity index (χ2n) is 3.99. The first kappa shape index (κ1) is 12.0. The van der Waals surface area contributed by atoms with Gasteiger partial charge in [-0.2, -0.15) is 0 Å². The lowest BCUT2D eigenvalue weighted by Gasteiger charge is -2.06. The van der Waals surface area contributed by atoms with Crippen LogP contribution in [0.25, 0.3) is 22.3 Å². The predicted molar refractivity (Wildman–Crippen MR) is 69.9 cm³/mol. The average Bonchev–Trinajstić information content (AvgIpc) is 2.41. The third-order valence-electron chi connectivity index (χ3n) is 2.74. The lowest BCUT2D eigenvalue weighted by atomic mass is 10.1. The van der Waals surface area contributed by atoms with Crippen molar-refractivity contribution < 1.29 is 8.78 Å². The minimum atomic E-state index is -0.555. The number of hydrogen-bond donors (Lipinski definition) is 0. The van der Waals surface area contributed by atoms with Gasteiger partial charge in [-0.1, -0.05) is 11.6 Å². The summed E-state index contributed by atoms with van der Waals surface area (Å²) in [4.78, 5) is 8.27. The molecule has 2 heterocycles. The summed E-state index contributed by atoms with van der Waals surface area (Å²) >= 11 is 6.11. The average molecular weight is 277 g/mol. The van der Waals surface area contributed by atoms with E-state index in [0.717, 1.165) is 18.2 Å². The smallest absolute Gasteiger partial charge is 0.161 e. The van der Waals surface area contributed by atoms with Crippen LogP contribution in [0.2, 0.25) is 5.02 Å². The van der Waals surface area contributed by atoms with Crippen molar-refractivity contribution in [1.29, 1.82) is 0 Å². The van der Waals surface area contributed by atoms with Gasteiger partial charge < -0.3 is 0 Å². The van der Waals surface area contributed by atoms with Crippen LogP contribution in [0.3, 0.4) is 0 Å². The van der Waals surface area contributed by atoms with E-state index in [1.54, 1.807) is 18.3 Å². The Labute approximate surface area is 112 Å². The van der Waals surface area contributed by atoms with Gasteiger partial charge in [0.15, 0.2) is 5.65 Å². The van der Waals surface area contributed by atoms with Crippen LogP contribution in [0.5, 0.6) is 0 Å². The molecule has 0 aliphatic rings. The molecule has 94 valence electrons. The van der Waals surface area contributed by atoms with Gasteiger partial charge in [0.2, 0.25) is 0 Å². The van der Waals surface area contributed by atoms with Crippen molar-refractivity contribution in [2.24, 2.45) is 0 Å². The Morgan fingerprint density at radius 1 is 1.05 bits per heavy atom. The number of hydrogen-bond acceptors (Lipinski definition) is 2. The van der Waals surface area contributed by atoms with Gasteiger partial charge in [0, 0.05) is 17.1 Å². The van der Waals surface area contributed by atoms with Crippen LogP contribution < -0.4 is 0 Å². The van der Waals surface area contributed by atoms with Crippen LogP contribution in [0, 0.1) is 11.6 Å². The molecule has 2 nitrogen and oxygen atoms in total. The first-order valence-corrected chi connectivity index (χ1v) is 5.89. The van der Waals surface area contributed by atoms with Crippen molar-refractivity contribution in [3.63, 3.8) is 0 Å². The van der Waals surface area contributed by atoms with E-state index < -0.39 is 11.6 Å². The molecule has 0 atom stereocenters. The van der Waals surface area contributed by atoms with E-state index in [-0.39, 0.29) is 11.3 Å². The van der Waals surface area contributed by atoms with E-state index in [1.165, 1.54) is 6.07 Å². The van der Waals surface area contributed by atoms with Crippen molar-refractivity contribution in [3.8, 4) is 11.3 Å². The molecule has 3 rings (SSSR count). The molecule has 5 heteroatoms. The molecule has 0 amide bonds. The number of nitrogens with zero attached hydrogens (tertiary/aromatic N) is 2. The number of benzene rings is 1. The maximum atomic E-state index is 13.7. The van der Waals surface area contributed by atoms with E-state index in [1.807, 2.05) is 0 Å². The summed E-state index contributed by atoms with van der Waals surface area (Å²) in [5, 5.41) is 1.07. The highest BCUT2D eigenvalue weighted by Crippen LogP contribution is 2.28. The summed E-state index contributed by atoms with van der Waals surface area (Å²) in [7, 11) is 0. The van der Waals surface area contributed by atoms with Crippen molar-refractivity contribution in [2.75, 3.05) is 0 Å². The van der Waals surface area contributed by atoms with Crippen LogP contribution >= 0.6 is 11.6 Å². The largest absolute Gasteiger partial charge is 0.237 e. The number of halogens is 3. The molecule has 1 aromatic carbocycles. The normalized spacial score (nSPS) is 10.9. The van der Waals surface area contributed by atoms with Gasteiger partial charge in [0.1, 0.15) is 11.6 Å². The summed E-state index contributed by atoms with van der Waals surface area (Å²) in [6.45, 7) is 0. The lowest BCUT2D eigenvalue weighted by molar-refractivity contribution is 0.602. The second kappa shape index (κ2) is 4.55. The van der Waals surface area contributed by atoms with Gasteiger partial charge in [-0.15, -0.1) is 0 Å². The van der Waals surface area contributed by atoms with E-state index >= 15 is 0 Å². The molecule has 2 aromatic heterocycles. The molecule has 0 aliphatic heterocycles. The molecule has 19 heavy (non-hydrogen) atoms. The summed E-state index contributed by atoms with van der Waals surface area (Å²) in [5.41, 5.74) is 0.719. The Bertz CT molecular complexity index is 774. The van der Waals surface area contributed by atoms with Gasteiger partial charge in [-0.05, 0) is 36.4 Å². The van der Waals surface area contributed by atoms with Crippen LogP contribution in [0.4, 0.5) is 8.78 Å². The standard InChI is InChI=1S/C14H7ClF2N2/c15-11-7-13(10-6-8(16)3-4-12(10)17)19-14-9(11)2-1-5-18-14/h1-7H. The first-order valence-electron chi connectivity index (χ1n) is 5.52. The minimum absolute atomic E-state index is 0.0643. The molecule has 0 aliphatic carbocycles. The maximum absolute atomic E-state index is 13.7. The molecule has 0 spiro atoms. The fourth-order valence-corrected chi connectivity index (χ4v) is 2.10. The zero-order valence-electron chi connectivity index (χ0n) is 9.57. The Morgan fingerprint density at radius 3 is 2.74 bits per heavy atom. The summed E-state index contributed by atoms with van der Waals surface area (Å²) in [5.74, 6) is -1.09. The molecule has 0 saturated heterocycles. The van der Waals surface area contributed by atoms with Crippen LogP contribution in [0.1, 0.15) is 0 Å². The molecule has 3 aromatic rings. The van der Waals surface area contributed by atoms with Gasteiger partial charge in [0.05, 0.1) is 10.7 Å². The molecule has 0 unspecified atom stereocenters. The van der Waals surface area contributed by atoms with E-state index in [0.29, 0.717) is 16.1 Å². The van der Waals surface area contributed by atoms with Gasteiger partial charge in [0.25, 0.3) is 0 Å². The third-order valence-corrected chi connectivity index (χ3v) is 3.05. The zero-order chi connectivity index (χ0) is 13.4. The molecule has 0 fully saturated rings. The Balaban J connectivity index is 2.28. The minimum Gasteiger partial charge on any atom is -0.237 e. The molecular weight excluding hydrogens is 270 g/mol. The molecular formula is C14H7ClF2N2. The highest BCUT2D eigenvalue weighted by Gasteiger charge is 2.11. The predicted octanol–water partition coefficient (Wildman–Crippen LogP) is 4.23. The Morgan fingerprint density at radius 2 is 1.89 bits per heavy atom. The SMILES string of the molecule is Fc1ccc(F)c(-c2cc(Cl)c3cccnc3n2)c1. The van der Waals surface area contributed by atoms with Crippen molar-refractivity contribution in [2.45, 2.75) is 0 Å². The van der Waals surface area contributed by atoms with E-state index in [2.05, 4.69) is 9.97 Å². The number of aromatic nitrogens is 2. The van der Waals surface area contributed by atoms with Crippen molar-refractivity contribution in [1.82, 2.24) is 9.97 Å². The second-order valence-corrected chi connectivity index (χ2v) is 4.40. The van der Waals surface area contributed by atoms with Crippen LogP contribution in [0.15, 0.2) is 42.6 Å². The Kier molecular flexibility index (Phi) is 2.87. The summed E-state index contributed by atoms with van der Waals surface area (Å²) < 4.78 is 26.9. The van der Waals surface area contributed by atoms with Crippen molar-refractivity contribution in [3.05, 3.63) is 59.3 Å². The third kappa shape index (κ3) is 2.15. The monoisotopic (exact) mass is 276 g/mol. The fourth-order valence-electron chi connectivity index (χ4n) is 1.85. The fraction of sp³-hybridized carbons (Fsp3) is 0. The van der Waals surface area contributed by atoms with Gasteiger partial charge in [-0.25, -0.2) is 18.7 Å². The van der Waals surface area contributed by atoms with Crippen molar-refractivity contribution >= 4 is 22.6 Å². The first-order chi connectivity index (χ1) is 9.15. The number of fused-ring (bicyclic) bond motifs is 1. The van der Waals surface area contributed by atoms with Crippen LogP contribution in [-0.4, -0.2) is 9.97 Å². The maximum Gasteiger partial charge on any atom is 0.161 e. The van der Waals surface area contributed by atoms with E-state index in [9.17, 15) is 8.78 Å². The Hall–Kier alpha value is -2.07.